The van der Waals surface area contributed by atoms with E-state index in [0.29, 0.717) is 34.8 Å². The molecule has 0 atom stereocenters. The van der Waals surface area contributed by atoms with E-state index in [2.05, 4.69) is 14.7 Å². The monoisotopic (exact) mass is 664 g/mol. The second-order valence-electron chi connectivity index (χ2n) is 11.0. The van der Waals surface area contributed by atoms with Crippen LogP contribution in [-0.4, -0.2) is 72.7 Å². The van der Waals surface area contributed by atoms with Crippen molar-refractivity contribution in [3.63, 3.8) is 0 Å². The van der Waals surface area contributed by atoms with Crippen LogP contribution in [0.1, 0.15) is 26.3 Å². The number of pyridine rings is 2. The minimum absolute atomic E-state index is 0.0299. The molecule has 4 aromatic rings. The molecule has 3 aromatic heterocycles. The lowest BCUT2D eigenvalue weighted by Crippen LogP contribution is -2.38. The Kier molecular flexibility index (Phi) is 10.7. The van der Waals surface area contributed by atoms with Crippen LogP contribution in [0.25, 0.3) is 20.8 Å². The first-order valence-corrected chi connectivity index (χ1v) is 14.7. The van der Waals surface area contributed by atoms with E-state index in [9.17, 15) is 27.2 Å². The zero-order chi connectivity index (χ0) is 33.6. The van der Waals surface area contributed by atoms with E-state index in [-0.39, 0.29) is 18.0 Å². The quantitative estimate of drug-likeness (QED) is 0.158. The molecule has 0 saturated heterocycles. The van der Waals surface area contributed by atoms with Crippen LogP contribution < -0.4 is 9.64 Å². The fourth-order valence-corrected chi connectivity index (χ4v) is 5.06. The minimum Gasteiger partial charge on any atom is -0.453 e. The average Bonchev–Trinajstić information content (AvgIpc) is 3.43. The molecule has 0 saturated carbocycles. The number of halogens is 4. The third-order valence-corrected chi connectivity index (χ3v) is 7.36. The van der Waals surface area contributed by atoms with Crippen molar-refractivity contribution in [2.45, 2.75) is 39.1 Å². The van der Waals surface area contributed by atoms with Crippen molar-refractivity contribution in [1.29, 1.82) is 0 Å². The Bertz CT molecular complexity index is 1670. The highest BCUT2D eigenvalue weighted by atomic mass is 32.1. The SMILES string of the molecule is COCCN(Cc1ccc(-c2cc3nccc(Oc4ccc(N(C)C(=O)OCC(F)(F)F)cc4F)c3s2)nc1)C(=O)OC(C)(C)C. The highest BCUT2D eigenvalue weighted by Gasteiger charge is 2.30. The number of methoxy groups -OCH3 is 1. The zero-order valence-electron chi connectivity index (χ0n) is 25.7. The van der Waals surface area contributed by atoms with Crippen LogP contribution in [0.4, 0.5) is 32.8 Å². The van der Waals surface area contributed by atoms with E-state index in [1.54, 1.807) is 45.0 Å². The Hall–Kier alpha value is -4.50. The van der Waals surface area contributed by atoms with Gasteiger partial charge in [0.25, 0.3) is 0 Å². The summed E-state index contributed by atoms with van der Waals surface area (Å²) in [5, 5.41) is 0. The van der Waals surface area contributed by atoms with Gasteiger partial charge in [0.1, 0.15) is 11.4 Å². The number of ether oxygens (including phenoxy) is 4. The summed E-state index contributed by atoms with van der Waals surface area (Å²) in [6, 6.07) is 10.6. The summed E-state index contributed by atoms with van der Waals surface area (Å²) in [6.45, 7) is 4.58. The number of rotatable bonds is 10. The van der Waals surface area contributed by atoms with E-state index in [0.717, 1.165) is 28.5 Å². The number of hydrogen-bond donors (Lipinski definition) is 0. The smallest absolute Gasteiger partial charge is 0.422 e. The molecule has 0 aliphatic heterocycles. The van der Waals surface area contributed by atoms with Crippen LogP contribution in [0.15, 0.2) is 54.9 Å². The Morgan fingerprint density at radius 3 is 2.37 bits per heavy atom. The first kappa shape index (κ1) is 34.4. The van der Waals surface area contributed by atoms with E-state index in [1.165, 1.54) is 29.7 Å². The number of anilines is 1. The first-order valence-electron chi connectivity index (χ1n) is 13.9. The minimum atomic E-state index is -4.69. The molecule has 246 valence electrons. The number of carbonyl (C=O) groups excluding carboxylic acids is 2. The third kappa shape index (κ3) is 9.26. The summed E-state index contributed by atoms with van der Waals surface area (Å²) in [5.41, 5.74) is 1.34. The maximum atomic E-state index is 15.0. The summed E-state index contributed by atoms with van der Waals surface area (Å²) in [5.74, 6) is -0.708. The maximum absolute atomic E-state index is 15.0. The number of nitrogens with zero attached hydrogens (tertiary/aromatic N) is 4. The van der Waals surface area contributed by atoms with E-state index < -0.39 is 36.4 Å². The van der Waals surface area contributed by atoms with Gasteiger partial charge in [-0.05, 0) is 50.6 Å². The molecule has 0 aliphatic carbocycles. The van der Waals surface area contributed by atoms with Crippen LogP contribution >= 0.6 is 11.3 Å². The van der Waals surface area contributed by atoms with Crippen molar-refractivity contribution >= 4 is 39.4 Å². The van der Waals surface area contributed by atoms with Gasteiger partial charge in [0, 0.05) is 50.9 Å². The number of fused-ring (bicyclic) bond motifs is 1. The molecule has 0 radical (unpaired) electrons. The molecule has 0 fully saturated rings. The molecule has 46 heavy (non-hydrogen) atoms. The molecular formula is C31H32F4N4O6S. The predicted molar refractivity (Wildman–Crippen MR) is 164 cm³/mol. The van der Waals surface area contributed by atoms with Crippen LogP contribution in [0.3, 0.4) is 0 Å². The summed E-state index contributed by atoms with van der Waals surface area (Å²) in [4.78, 5) is 36.6. The first-order chi connectivity index (χ1) is 21.6. The van der Waals surface area contributed by atoms with Gasteiger partial charge in [-0.3, -0.25) is 14.9 Å². The van der Waals surface area contributed by atoms with Gasteiger partial charge in [0.2, 0.25) is 0 Å². The number of hydrogen-bond acceptors (Lipinski definition) is 9. The van der Waals surface area contributed by atoms with Crippen molar-refractivity contribution in [3.8, 4) is 22.1 Å². The summed E-state index contributed by atoms with van der Waals surface area (Å²) >= 11 is 1.33. The molecule has 0 aliphatic rings. The van der Waals surface area contributed by atoms with Crippen molar-refractivity contribution in [2.24, 2.45) is 0 Å². The van der Waals surface area contributed by atoms with Gasteiger partial charge in [-0.15, -0.1) is 11.3 Å². The fraction of sp³-hybridized carbons (Fsp3) is 0.355. The molecule has 3 heterocycles. The van der Waals surface area contributed by atoms with E-state index in [1.807, 2.05) is 18.2 Å². The molecule has 0 N–H and O–H groups in total. The molecule has 4 rings (SSSR count). The molecular weight excluding hydrogens is 632 g/mol. The lowest BCUT2D eigenvalue weighted by Gasteiger charge is -2.27. The molecule has 0 unspecified atom stereocenters. The lowest BCUT2D eigenvalue weighted by atomic mass is 10.2. The molecule has 2 amide bonds. The normalized spacial score (nSPS) is 11.8. The fourth-order valence-electron chi connectivity index (χ4n) is 4.01. The summed E-state index contributed by atoms with van der Waals surface area (Å²) in [6.07, 6.45) is -3.27. The standard InChI is InChI=1S/C31H32F4N4O6S/c1-30(2,3)45-29(41)39(12-13-42-5)17-19-6-8-22(37-16-19)26-15-23-27(46-26)25(10-11-36-23)44-24-9-7-20(14-21(24)32)38(4)28(40)43-18-31(33,34)35/h6-11,14-16H,12-13,17-18H2,1-5H3. The Labute approximate surface area is 266 Å². The van der Waals surface area contributed by atoms with Gasteiger partial charge in [-0.25, -0.2) is 14.0 Å². The molecule has 0 bridgehead atoms. The van der Waals surface area contributed by atoms with Gasteiger partial charge in [-0.1, -0.05) is 6.07 Å². The molecule has 15 heteroatoms. The predicted octanol–water partition coefficient (Wildman–Crippen LogP) is 7.81. The van der Waals surface area contributed by atoms with Crippen molar-refractivity contribution in [2.75, 3.05) is 38.8 Å². The molecule has 10 nitrogen and oxygen atoms in total. The van der Waals surface area contributed by atoms with Crippen molar-refractivity contribution in [3.05, 3.63) is 66.2 Å². The number of amides is 2. The van der Waals surface area contributed by atoms with Gasteiger partial charge in [-0.2, -0.15) is 13.2 Å². The Balaban J connectivity index is 1.49. The Morgan fingerprint density at radius 2 is 1.74 bits per heavy atom. The second-order valence-corrected chi connectivity index (χ2v) is 12.1. The zero-order valence-corrected chi connectivity index (χ0v) is 26.5. The number of benzene rings is 1. The maximum Gasteiger partial charge on any atom is 0.422 e. The molecule has 1 aromatic carbocycles. The highest BCUT2D eigenvalue weighted by Crippen LogP contribution is 2.39. The third-order valence-electron chi connectivity index (χ3n) is 6.20. The van der Waals surface area contributed by atoms with Crippen LogP contribution in [0.5, 0.6) is 11.5 Å². The second kappa shape index (κ2) is 14.3. The highest BCUT2D eigenvalue weighted by molar-refractivity contribution is 7.22. The number of carbonyl (C=O) groups is 2. The van der Waals surface area contributed by atoms with Gasteiger partial charge in [0.15, 0.2) is 18.2 Å². The van der Waals surface area contributed by atoms with Gasteiger partial charge < -0.3 is 23.8 Å². The average molecular weight is 665 g/mol. The Morgan fingerprint density at radius 1 is 0.978 bits per heavy atom. The largest absolute Gasteiger partial charge is 0.453 e. The number of thiophene rings is 1. The summed E-state index contributed by atoms with van der Waals surface area (Å²) in [7, 11) is 2.71. The van der Waals surface area contributed by atoms with E-state index in [4.69, 9.17) is 14.2 Å². The summed E-state index contributed by atoms with van der Waals surface area (Å²) < 4.78 is 73.4. The van der Waals surface area contributed by atoms with Crippen LogP contribution in [0, 0.1) is 5.82 Å². The molecule has 0 spiro atoms. The van der Waals surface area contributed by atoms with E-state index >= 15 is 0 Å². The van der Waals surface area contributed by atoms with Crippen LogP contribution in [-0.2, 0) is 20.8 Å². The van der Waals surface area contributed by atoms with Crippen molar-refractivity contribution in [1.82, 2.24) is 14.9 Å². The number of aromatic nitrogens is 2. The lowest BCUT2D eigenvalue weighted by molar-refractivity contribution is -0.159. The number of alkyl halides is 3. The van der Waals surface area contributed by atoms with Gasteiger partial charge in [0.05, 0.1) is 33.9 Å². The van der Waals surface area contributed by atoms with Crippen molar-refractivity contribution < 1.29 is 46.1 Å². The topological polar surface area (TPSA) is 103 Å². The van der Waals surface area contributed by atoms with Crippen LogP contribution in [0.2, 0.25) is 0 Å². The van der Waals surface area contributed by atoms with Gasteiger partial charge >= 0.3 is 18.4 Å².